The standard InChI is InChI=1S/C16H20N4/c1-3-8-20-15(10-18-16(20)17)13-6-7-14-12(9-13)5-4-11(2)19-14/h4-7,9,15H,3,8,10H2,1-2H3,(H2,17,18). The van der Waals surface area contributed by atoms with Crippen molar-refractivity contribution in [3.05, 3.63) is 41.6 Å². The van der Waals surface area contributed by atoms with Gasteiger partial charge in [-0.1, -0.05) is 19.1 Å². The number of aromatic nitrogens is 1. The second kappa shape index (κ2) is 5.12. The van der Waals surface area contributed by atoms with Crippen LogP contribution in [0.15, 0.2) is 35.3 Å². The van der Waals surface area contributed by atoms with Gasteiger partial charge in [0.15, 0.2) is 5.96 Å². The number of rotatable bonds is 3. The summed E-state index contributed by atoms with van der Waals surface area (Å²) in [5, 5.41) is 1.18. The van der Waals surface area contributed by atoms with Gasteiger partial charge in [-0.05, 0) is 37.1 Å². The molecule has 20 heavy (non-hydrogen) atoms. The predicted octanol–water partition coefficient (Wildman–Crippen LogP) is 2.62. The molecule has 4 nitrogen and oxygen atoms in total. The molecule has 0 aliphatic carbocycles. The molecular formula is C16H20N4. The molecule has 1 atom stereocenters. The number of aliphatic imine (C=N–C) groups is 1. The minimum atomic E-state index is 0.264. The Morgan fingerprint density at radius 2 is 2.15 bits per heavy atom. The molecule has 0 saturated carbocycles. The zero-order chi connectivity index (χ0) is 14.1. The fraction of sp³-hybridized carbons (Fsp3) is 0.375. The van der Waals surface area contributed by atoms with Gasteiger partial charge in [0.25, 0.3) is 0 Å². The van der Waals surface area contributed by atoms with E-state index in [4.69, 9.17) is 5.73 Å². The van der Waals surface area contributed by atoms with Gasteiger partial charge < -0.3 is 10.6 Å². The Labute approximate surface area is 119 Å². The summed E-state index contributed by atoms with van der Waals surface area (Å²) in [4.78, 5) is 11.1. The topological polar surface area (TPSA) is 54.5 Å². The highest BCUT2D eigenvalue weighted by Gasteiger charge is 2.26. The second-order valence-corrected chi connectivity index (χ2v) is 5.31. The van der Waals surface area contributed by atoms with Gasteiger partial charge in [-0.3, -0.25) is 9.98 Å². The van der Waals surface area contributed by atoms with Crippen LogP contribution >= 0.6 is 0 Å². The van der Waals surface area contributed by atoms with E-state index in [0.29, 0.717) is 5.96 Å². The lowest BCUT2D eigenvalue weighted by Crippen LogP contribution is -2.36. The SMILES string of the molecule is CCCN1C(N)=NCC1c1ccc2nc(C)ccc2c1. The summed E-state index contributed by atoms with van der Waals surface area (Å²) in [6.07, 6.45) is 1.07. The number of benzene rings is 1. The Morgan fingerprint density at radius 3 is 2.95 bits per heavy atom. The summed E-state index contributed by atoms with van der Waals surface area (Å²) < 4.78 is 0. The molecule has 1 aromatic heterocycles. The third kappa shape index (κ3) is 2.22. The highest BCUT2D eigenvalue weighted by atomic mass is 15.3. The van der Waals surface area contributed by atoms with Gasteiger partial charge in [0.05, 0.1) is 18.1 Å². The largest absolute Gasteiger partial charge is 0.370 e. The Kier molecular flexibility index (Phi) is 3.30. The van der Waals surface area contributed by atoms with Gasteiger partial charge in [-0.15, -0.1) is 0 Å². The first-order chi connectivity index (χ1) is 9.69. The molecule has 2 heterocycles. The summed E-state index contributed by atoms with van der Waals surface area (Å²) in [5.41, 5.74) is 9.35. The van der Waals surface area contributed by atoms with Crippen LogP contribution in [0.1, 0.15) is 30.6 Å². The van der Waals surface area contributed by atoms with Gasteiger partial charge >= 0.3 is 0 Å². The smallest absolute Gasteiger partial charge is 0.191 e. The molecule has 0 fully saturated rings. The average molecular weight is 268 g/mol. The number of nitrogens with zero attached hydrogens (tertiary/aromatic N) is 3. The predicted molar refractivity (Wildman–Crippen MR) is 82.7 cm³/mol. The molecule has 1 unspecified atom stereocenters. The van der Waals surface area contributed by atoms with Crippen molar-refractivity contribution in [3.63, 3.8) is 0 Å². The van der Waals surface area contributed by atoms with Crippen LogP contribution in [-0.4, -0.2) is 28.9 Å². The lowest BCUT2D eigenvalue weighted by Gasteiger charge is -2.26. The van der Waals surface area contributed by atoms with E-state index in [1.54, 1.807) is 0 Å². The maximum atomic E-state index is 5.99. The molecule has 2 N–H and O–H groups in total. The summed E-state index contributed by atoms with van der Waals surface area (Å²) in [5.74, 6) is 0.666. The first-order valence-electron chi connectivity index (χ1n) is 7.13. The number of aryl methyl sites for hydroxylation is 1. The van der Waals surface area contributed by atoms with Crippen LogP contribution in [0.25, 0.3) is 10.9 Å². The zero-order valence-corrected chi connectivity index (χ0v) is 12.0. The van der Waals surface area contributed by atoms with Crippen LogP contribution in [0.2, 0.25) is 0 Å². The van der Waals surface area contributed by atoms with E-state index in [0.717, 1.165) is 30.7 Å². The minimum Gasteiger partial charge on any atom is -0.370 e. The Balaban J connectivity index is 1.96. The molecule has 1 aliphatic rings. The number of fused-ring (bicyclic) bond motifs is 1. The third-order valence-electron chi connectivity index (χ3n) is 3.80. The Bertz CT molecular complexity index is 663. The zero-order valence-electron chi connectivity index (χ0n) is 12.0. The molecule has 1 aliphatic heterocycles. The van der Waals surface area contributed by atoms with Crippen LogP contribution in [0.4, 0.5) is 0 Å². The molecule has 1 aromatic carbocycles. The van der Waals surface area contributed by atoms with Gasteiger partial charge in [0.2, 0.25) is 0 Å². The maximum absolute atomic E-state index is 5.99. The van der Waals surface area contributed by atoms with Gasteiger partial charge in [-0.25, -0.2) is 0 Å². The van der Waals surface area contributed by atoms with Crippen molar-refractivity contribution in [1.29, 1.82) is 0 Å². The van der Waals surface area contributed by atoms with Gasteiger partial charge in [-0.2, -0.15) is 0 Å². The van der Waals surface area contributed by atoms with Crippen LogP contribution in [-0.2, 0) is 0 Å². The lowest BCUT2D eigenvalue weighted by atomic mass is 10.0. The number of hydrogen-bond donors (Lipinski definition) is 1. The quantitative estimate of drug-likeness (QED) is 0.931. The van der Waals surface area contributed by atoms with Crippen molar-refractivity contribution in [2.24, 2.45) is 10.7 Å². The fourth-order valence-corrected chi connectivity index (χ4v) is 2.78. The van der Waals surface area contributed by atoms with E-state index in [1.165, 1.54) is 10.9 Å². The number of nitrogens with two attached hydrogens (primary N) is 1. The van der Waals surface area contributed by atoms with Crippen LogP contribution in [0.5, 0.6) is 0 Å². The van der Waals surface area contributed by atoms with E-state index >= 15 is 0 Å². The molecule has 104 valence electrons. The van der Waals surface area contributed by atoms with E-state index in [2.05, 4.69) is 52.1 Å². The van der Waals surface area contributed by atoms with Crippen molar-refractivity contribution in [1.82, 2.24) is 9.88 Å². The highest BCUT2D eigenvalue weighted by Crippen LogP contribution is 2.28. The highest BCUT2D eigenvalue weighted by molar-refractivity contribution is 5.82. The molecule has 4 heteroatoms. The van der Waals surface area contributed by atoms with Crippen molar-refractivity contribution in [3.8, 4) is 0 Å². The van der Waals surface area contributed by atoms with E-state index in [-0.39, 0.29) is 6.04 Å². The van der Waals surface area contributed by atoms with Gasteiger partial charge in [0, 0.05) is 17.6 Å². The Morgan fingerprint density at radius 1 is 1.30 bits per heavy atom. The maximum Gasteiger partial charge on any atom is 0.191 e. The van der Waals surface area contributed by atoms with Crippen molar-refractivity contribution in [2.75, 3.05) is 13.1 Å². The molecule has 2 aromatic rings. The normalized spacial score (nSPS) is 18.6. The summed E-state index contributed by atoms with van der Waals surface area (Å²) in [6, 6.07) is 10.9. The molecule has 0 radical (unpaired) electrons. The lowest BCUT2D eigenvalue weighted by molar-refractivity contribution is 0.347. The molecule has 0 amide bonds. The van der Waals surface area contributed by atoms with Crippen LogP contribution in [0.3, 0.4) is 0 Å². The second-order valence-electron chi connectivity index (χ2n) is 5.31. The summed E-state index contributed by atoms with van der Waals surface area (Å²) in [6.45, 7) is 5.87. The Hall–Kier alpha value is -2.10. The van der Waals surface area contributed by atoms with Crippen molar-refractivity contribution < 1.29 is 0 Å². The summed E-state index contributed by atoms with van der Waals surface area (Å²) in [7, 11) is 0. The number of guanidine groups is 1. The molecule has 0 spiro atoms. The number of hydrogen-bond acceptors (Lipinski definition) is 4. The van der Waals surface area contributed by atoms with E-state index in [9.17, 15) is 0 Å². The molecule has 3 rings (SSSR count). The molecule has 0 bridgehead atoms. The average Bonchev–Trinajstić information content (AvgIpc) is 2.80. The fourth-order valence-electron chi connectivity index (χ4n) is 2.78. The third-order valence-corrected chi connectivity index (χ3v) is 3.80. The van der Waals surface area contributed by atoms with Crippen molar-refractivity contribution >= 4 is 16.9 Å². The number of pyridine rings is 1. The van der Waals surface area contributed by atoms with Crippen molar-refractivity contribution in [2.45, 2.75) is 26.3 Å². The molecule has 0 saturated heterocycles. The first kappa shape index (κ1) is 12.9. The first-order valence-corrected chi connectivity index (χ1v) is 7.13. The van der Waals surface area contributed by atoms with Crippen LogP contribution in [0, 0.1) is 6.92 Å². The van der Waals surface area contributed by atoms with E-state index < -0.39 is 0 Å². The summed E-state index contributed by atoms with van der Waals surface area (Å²) >= 11 is 0. The van der Waals surface area contributed by atoms with Gasteiger partial charge in [0.1, 0.15) is 0 Å². The van der Waals surface area contributed by atoms with E-state index in [1.807, 2.05) is 6.92 Å². The monoisotopic (exact) mass is 268 g/mol. The molecular weight excluding hydrogens is 248 g/mol. The van der Waals surface area contributed by atoms with Crippen LogP contribution < -0.4 is 5.73 Å². The minimum absolute atomic E-state index is 0.264.